The number of para-hydroxylation sites is 1. The number of benzene rings is 7. The number of aromatic nitrogens is 1. The van der Waals surface area contributed by atoms with E-state index in [1.165, 1.54) is 76.2 Å². The molecule has 2 aromatic heterocycles. The van der Waals surface area contributed by atoms with Gasteiger partial charge in [0.15, 0.2) is 0 Å². The maximum atomic E-state index is 6.64. The summed E-state index contributed by atoms with van der Waals surface area (Å²) in [5, 5.41) is 11.2. The zero-order chi connectivity index (χ0) is 28.8. The van der Waals surface area contributed by atoms with Crippen LogP contribution in [0.1, 0.15) is 17.7 Å². The van der Waals surface area contributed by atoms with Crippen molar-refractivity contribution < 1.29 is 4.42 Å². The van der Waals surface area contributed by atoms with Crippen molar-refractivity contribution >= 4 is 71.2 Å². The zero-order valence-electron chi connectivity index (χ0n) is 24.0. The van der Waals surface area contributed by atoms with Gasteiger partial charge in [-0.25, -0.2) is 0 Å². The minimum Gasteiger partial charge on any atom is -0.460 e. The lowest BCUT2D eigenvalue weighted by Crippen LogP contribution is -1.91. The Labute approximate surface area is 253 Å². The van der Waals surface area contributed by atoms with Gasteiger partial charge >= 0.3 is 0 Å². The van der Waals surface area contributed by atoms with Crippen LogP contribution in [0.4, 0.5) is 0 Å². The molecule has 0 saturated heterocycles. The summed E-state index contributed by atoms with van der Waals surface area (Å²) < 4.78 is 6.64. The lowest BCUT2D eigenvalue weighted by atomic mass is 9.85. The number of nitrogens with one attached hydrogen (secondary N) is 1. The third-order valence-corrected chi connectivity index (χ3v) is 9.61. The monoisotopic (exact) mass is 561 g/mol. The molecule has 2 heteroatoms. The fraction of sp³-hybridized carbons (Fsp3) is 0.0476. The van der Waals surface area contributed by atoms with E-state index in [9.17, 15) is 0 Å². The second-order valence-electron chi connectivity index (χ2n) is 12.0. The van der Waals surface area contributed by atoms with Crippen molar-refractivity contribution in [2.75, 3.05) is 0 Å². The van der Waals surface area contributed by atoms with Crippen LogP contribution in [0.25, 0.3) is 93.4 Å². The van der Waals surface area contributed by atoms with Gasteiger partial charge in [0, 0.05) is 50.3 Å². The molecule has 1 N–H and O–H groups in total. The lowest BCUT2D eigenvalue weighted by Gasteiger charge is -2.18. The Morgan fingerprint density at radius 2 is 1.18 bits per heavy atom. The molecule has 10 rings (SSSR count). The van der Waals surface area contributed by atoms with E-state index in [2.05, 4.69) is 138 Å². The molecule has 0 fully saturated rings. The zero-order valence-corrected chi connectivity index (χ0v) is 24.0. The molecule has 0 amide bonds. The Balaban J connectivity index is 1.27. The molecule has 0 atom stereocenters. The van der Waals surface area contributed by atoms with E-state index in [0.717, 1.165) is 35.3 Å². The van der Waals surface area contributed by atoms with Gasteiger partial charge in [0.05, 0.1) is 0 Å². The topological polar surface area (TPSA) is 28.9 Å². The van der Waals surface area contributed by atoms with Crippen molar-refractivity contribution in [1.82, 2.24) is 4.98 Å². The van der Waals surface area contributed by atoms with E-state index in [1.807, 2.05) is 0 Å². The van der Waals surface area contributed by atoms with Gasteiger partial charge in [-0.1, -0.05) is 115 Å². The molecule has 7 aromatic carbocycles. The number of fused-ring (bicyclic) bond motifs is 9. The van der Waals surface area contributed by atoms with Crippen molar-refractivity contribution in [3.63, 3.8) is 0 Å². The summed E-state index contributed by atoms with van der Waals surface area (Å²) >= 11 is 0. The molecule has 9 aromatic rings. The maximum Gasteiger partial charge on any atom is 0.142 e. The summed E-state index contributed by atoms with van der Waals surface area (Å²) in [6, 6.07) is 44.4. The number of allylic oxidation sites excluding steroid dienone is 1. The molecule has 2 heterocycles. The molecule has 0 radical (unpaired) electrons. The summed E-state index contributed by atoms with van der Waals surface area (Å²) in [5.74, 6) is 1.10. The summed E-state index contributed by atoms with van der Waals surface area (Å²) in [4.78, 5) is 3.74. The Hall–Kier alpha value is -5.60. The van der Waals surface area contributed by atoms with Crippen molar-refractivity contribution in [3.05, 3.63) is 139 Å². The molecular weight excluding hydrogens is 534 g/mol. The van der Waals surface area contributed by atoms with E-state index in [0.29, 0.717) is 0 Å². The van der Waals surface area contributed by atoms with Gasteiger partial charge in [-0.3, -0.25) is 0 Å². The fourth-order valence-electron chi connectivity index (χ4n) is 7.65. The molecule has 0 bridgehead atoms. The van der Waals surface area contributed by atoms with Crippen molar-refractivity contribution in [3.8, 4) is 22.3 Å². The highest BCUT2D eigenvalue weighted by Gasteiger charge is 2.22. The van der Waals surface area contributed by atoms with Crippen LogP contribution in [-0.2, 0) is 6.42 Å². The summed E-state index contributed by atoms with van der Waals surface area (Å²) in [7, 11) is 0. The average Bonchev–Trinajstić information content (AvgIpc) is 3.63. The van der Waals surface area contributed by atoms with Crippen LogP contribution in [0.5, 0.6) is 0 Å². The number of H-pyrrole nitrogens is 1. The minimum absolute atomic E-state index is 0.951. The fourth-order valence-corrected chi connectivity index (χ4v) is 7.65. The van der Waals surface area contributed by atoms with E-state index < -0.39 is 0 Å². The molecule has 0 spiro atoms. The number of hydrogen-bond donors (Lipinski definition) is 1. The highest BCUT2D eigenvalue weighted by Crippen LogP contribution is 2.47. The van der Waals surface area contributed by atoms with Gasteiger partial charge in [-0.15, -0.1) is 0 Å². The first-order chi connectivity index (χ1) is 21.8. The van der Waals surface area contributed by atoms with Crippen LogP contribution < -0.4 is 0 Å². The van der Waals surface area contributed by atoms with Gasteiger partial charge in [0.1, 0.15) is 11.3 Å². The Kier molecular flexibility index (Phi) is 4.86. The van der Waals surface area contributed by atoms with Crippen molar-refractivity contribution in [2.24, 2.45) is 0 Å². The van der Waals surface area contributed by atoms with E-state index in [4.69, 9.17) is 4.42 Å². The second-order valence-corrected chi connectivity index (χ2v) is 12.0. The third-order valence-electron chi connectivity index (χ3n) is 9.61. The van der Waals surface area contributed by atoms with Crippen LogP contribution in [0.2, 0.25) is 0 Å². The number of aryl methyl sites for hydroxylation is 1. The standard InChI is InChI=1S/C42H27NO/c1-2-11-26-23-38-36(22-25(26)10-1)28-21-20-27(24-37(28)43-38)40-30-13-3-5-15-32(30)41(33-16-6-4-14-31(33)40)35-18-9-17-34-29-12-7-8-19-39(29)44-42(34)35/h1-7,9-18,20-24,43H,8,19H2. The van der Waals surface area contributed by atoms with Crippen LogP contribution in [0.3, 0.4) is 0 Å². The Morgan fingerprint density at radius 3 is 1.95 bits per heavy atom. The normalized spacial score (nSPS) is 13.2. The van der Waals surface area contributed by atoms with Crippen molar-refractivity contribution in [1.29, 1.82) is 0 Å². The van der Waals surface area contributed by atoms with Crippen molar-refractivity contribution in [2.45, 2.75) is 12.8 Å². The van der Waals surface area contributed by atoms with E-state index in [1.54, 1.807) is 0 Å². The quantitative estimate of drug-likeness (QED) is 0.209. The average molecular weight is 562 g/mol. The second kappa shape index (κ2) is 8.95. The minimum atomic E-state index is 0.951. The summed E-state index contributed by atoms with van der Waals surface area (Å²) in [6.45, 7) is 0. The molecule has 2 nitrogen and oxygen atoms in total. The molecule has 0 unspecified atom stereocenters. The number of rotatable bonds is 2. The number of hydrogen-bond acceptors (Lipinski definition) is 1. The summed E-state index contributed by atoms with van der Waals surface area (Å²) in [6.07, 6.45) is 6.47. The SMILES string of the molecule is C1=Cc2c(oc3c(-c4c5ccccc5c(-c5ccc6c(c5)[nH]c5cc7ccccc7cc56)c5ccccc45)cccc23)CC1. The molecule has 206 valence electrons. The molecule has 44 heavy (non-hydrogen) atoms. The first-order valence-electron chi connectivity index (χ1n) is 15.4. The molecular formula is C42H27NO. The van der Waals surface area contributed by atoms with Gasteiger partial charge in [0.2, 0.25) is 0 Å². The van der Waals surface area contributed by atoms with Crippen LogP contribution in [-0.4, -0.2) is 4.98 Å². The Bertz CT molecular complexity index is 2610. The van der Waals surface area contributed by atoms with E-state index in [-0.39, 0.29) is 0 Å². The summed E-state index contributed by atoms with van der Waals surface area (Å²) in [5.41, 5.74) is 9.41. The molecule has 0 aliphatic heterocycles. The van der Waals surface area contributed by atoms with Crippen LogP contribution in [0.15, 0.2) is 132 Å². The van der Waals surface area contributed by atoms with Gasteiger partial charge in [-0.05, 0) is 68.1 Å². The molecule has 1 aliphatic carbocycles. The lowest BCUT2D eigenvalue weighted by molar-refractivity contribution is 0.547. The highest BCUT2D eigenvalue weighted by molar-refractivity contribution is 6.24. The predicted octanol–water partition coefficient (Wildman–Crippen LogP) is 11.8. The van der Waals surface area contributed by atoms with Crippen LogP contribution >= 0.6 is 0 Å². The highest BCUT2D eigenvalue weighted by atomic mass is 16.3. The molecule has 1 aliphatic rings. The predicted molar refractivity (Wildman–Crippen MR) is 186 cm³/mol. The largest absolute Gasteiger partial charge is 0.460 e. The van der Waals surface area contributed by atoms with Gasteiger partial charge in [-0.2, -0.15) is 0 Å². The number of furan rings is 1. The van der Waals surface area contributed by atoms with Crippen LogP contribution in [0, 0.1) is 0 Å². The molecule has 0 saturated carbocycles. The Morgan fingerprint density at radius 1 is 0.523 bits per heavy atom. The first-order valence-corrected chi connectivity index (χ1v) is 15.4. The van der Waals surface area contributed by atoms with Gasteiger partial charge < -0.3 is 9.40 Å². The van der Waals surface area contributed by atoms with E-state index >= 15 is 0 Å². The number of aromatic amines is 1. The smallest absolute Gasteiger partial charge is 0.142 e. The first kappa shape index (κ1) is 23.9. The third kappa shape index (κ3) is 3.31. The van der Waals surface area contributed by atoms with Gasteiger partial charge in [0.25, 0.3) is 0 Å². The maximum absolute atomic E-state index is 6.64.